The summed E-state index contributed by atoms with van der Waals surface area (Å²) in [4.78, 5) is 34.9. The molecule has 0 spiro atoms. The zero-order chi connectivity index (χ0) is 24.4. The fraction of sp³-hybridized carbons (Fsp3) is 0.250. The molecule has 0 aliphatic carbocycles. The Morgan fingerprint density at radius 3 is 2.63 bits per heavy atom. The monoisotopic (exact) mass is 469 g/mol. The van der Waals surface area contributed by atoms with Crippen LogP contribution < -0.4 is 15.0 Å². The predicted molar refractivity (Wildman–Crippen MR) is 133 cm³/mol. The molecule has 1 amide bonds. The van der Waals surface area contributed by atoms with Gasteiger partial charge in [-0.2, -0.15) is 0 Å². The lowest BCUT2D eigenvalue weighted by Crippen LogP contribution is -2.35. The van der Waals surface area contributed by atoms with Gasteiger partial charge in [0.25, 0.3) is 11.5 Å². The summed E-state index contributed by atoms with van der Waals surface area (Å²) in [6.07, 6.45) is 0.786. The molecule has 0 unspecified atom stereocenters. The number of nitrogens with zero attached hydrogens (tertiary/aromatic N) is 2. The SMILES string of the molecule is CC1(C)Cc2cccc(OCC(=O)N(Cc3ccccc3)Cc3nc4ccccc4c(=O)[nH]3)c2O1. The highest BCUT2D eigenvalue weighted by Gasteiger charge is 2.32. The van der Waals surface area contributed by atoms with Gasteiger partial charge in [0.05, 0.1) is 17.4 Å². The average molecular weight is 470 g/mol. The van der Waals surface area contributed by atoms with Crippen LogP contribution in [-0.4, -0.2) is 33.0 Å². The minimum Gasteiger partial charge on any atom is -0.483 e. The maximum Gasteiger partial charge on any atom is 0.261 e. The Kier molecular flexibility index (Phi) is 5.99. The van der Waals surface area contributed by atoms with Crippen molar-refractivity contribution in [1.82, 2.24) is 14.9 Å². The number of hydrogen-bond acceptors (Lipinski definition) is 5. The number of nitrogens with one attached hydrogen (secondary N) is 1. The Balaban J connectivity index is 1.37. The molecule has 1 aliphatic rings. The molecular formula is C28H27N3O4. The molecule has 0 saturated heterocycles. The largest absolute Gasteiger partial charge is 0.483 e. The Labute approximate surface area is 203 Å². The number of carbonyl (C=O) groups excluding carboxylic acids is 1. The summed E-state index contributed by atoms with van der Waals surface area (Å²) in [7, 11) is 0. The van der Waals surface area contributed by atoms with E-state index < -0.39 is 0 Å². The number of rotatable bonds is 7. The molecule has 0 saturated carbocycles. The first kappa shape index (κ1) is 22.7. The number of fused-ring (bicyclic) bond motifs is 2. The summed E-state index contributed by atoms with van der Waals surface area (Å²) < 4.78 is 12.0. The molecule has 2 heterocycles. The normalized spacial score (nSPS) is 13.8. The molecule has 1 N–H and O–H groups in total. The van der Waals surface area contributed by atoms with Crippen LogP contribution in [0, 0.1) is 0 Å². The van der Waals surface area contributed by atoms with E-state index in [-0.39, 0.29) is 30.2 Å². The number of hydrogen-bond donors (Lipinski definition) is 1. The molecule has 35 heavy (non-hydrogen) atoms. The van der Waals surface area contributed by atoms with E-state index in [0.717, 1.165) is 17.5 Å². The van der Waals surface area contributed by atoms with Gasteiger partial charge in [-0.15, -0.1) is 0 Å². The van der Waals surface area contributed by atoms with Crippen molar-refractivity contribution in [3.05, 3.63) is 100 Å². The Bertz CT molecular complexity index is 1430. The second-order valence-electron chi connectivity index (χ2n) is 9.34. The van der Waals surface area contributed by atoms with Crippen molar-refractivity contribution in [3.8, 4) is 11.5 Å². The topological polar surface area (TPSA) is 84.5 Å². The maximum absolute atomic E-state index is 13.3. The molecule has 1 aromatic heterocycles. The summed E-state index contributed by atoms with van der Waals surface area (Å²) in [5, 5.41) is 0.515. The minimum atomic E-state index is -0.307. The summed E-state index contributed by atoms with van der Waals surface area (Å²) in [6, 6.07) is 22.6. The van der Waals surface area contributed by atoms with Crippen LogP contribution in [0.25, 0.3) is 10.9 Å². The number of carbonyl (C=O) groups is 1. The van der Waals surface area contributed by atoms with Gasteiger partial charge < -0.3 is 19.4 Å². The van der Waals surface area contributed by atoms with Crippen LogP contribution in [0.4, 0.5) is 0 Å². The fourth-order valence-electron chi connectivity index (χ4n) is 4.36. The van der Waals surface area contributed by atoms with Crippen molar-refractivity contribution < 1.29 is 14.3 Å². The lowest BCUT2D eigenvalue weighted by atomic mass is 10.0. The fourth-order valence-corrected chi connectivity index (χ4v) is 4.36. The first-order valence-corrected chi connectivity index (χ1v) is 11.6. The zero-order valence-electron chi connectivity index (χ0n) is 19.8. The number of ether oxygens (including phenoxy) is 2. The van der Waals surface area contributed by atoms with Crippen LogP contribution in [-0.2, 0) is 24.3 Å². The Morgan fingerprint density at radius 2 is 1.80 bits per heavy atom. The lowest BCUT2D eigenvalue weighted by molar-refractivity contribution is -0.134. The van der Waals surface area contributed by atoms with Gasteiger partial charge in [-0.25, -0.2) is 4.98 Å². The highest BCUT2D eigenvalue weighted by molar-refractivity contribution is 5.79. The van der Waals surface area contributed by atoms with Crippen molar-refractivity contribution in [2.24, 2.45) is 0 Å². The van der Waals surface area contributed by atoms with E-state index in [1.807, 2.05) is 68.4 Å². The van der Waals surface area contributed by atoms with Gasteiger partial charge in [0.15, 0.2) is 18.1 Å². The van der Waals surface area contributed by atoms with Crippen molar-refractivity contribution in [2.75, 3.05) is 6.61 Å². The van der Waals surface area contributed by atoms with Crippen LogP contribution in [0.15, 0.2) is 77.6 Å². The van der Waals surface area contributed by atoms with E-state index in [9.17, 15) is 9.59 Å². The van der Waals surface area contributed by atoms with Gasteiger partial charge in [-0.3, -0.25) is 9.59 Å². The molecule has 3 aromatic carbocycles. The summed E-state index contributed by atoms with van der Waals surface area (Å²) in [5.41, 5.74) is 2.09. The lowest BCUT2D eigenvalue weighted by Gasteiger charge is -2.23. The van der Waals surface area contributed by atoms with Gasteiger partial charge in [-0.05, 0) is 37.6 Å². The highest BCUT2D eigenvalue weighted by atomic mass is 16.5. The van der Waals surface area contributed by atoms with Gasteiger partial charge in [-0.1, -0.05) is 54.6 Å². The first-order chi connectivity index (χ1) is 16.9. The van der Waals surface area contributed by atoms with E-state index in [1.165, 1.54) is 0 Å². The van der Waals surface area contributed by atoms with Crippen molar-refractivity contribution in [2.45, 2.75) is 39.0 Å². The second kappa shape index (κ2) is 9.25. The predicted octanol–water partition coefficient (Wildman–Crippen LogP) is 4.24. The molecule has 178 valence electrons. The number of aromatic nitrogens is 2. The summed E-state index contributed by atoms with van der Waals surface area (Å²) in [5.74, 6) is 1.45. The summed E-state index contributed by atoms with van der Waals surface area (Å²) >= 11 is 0. The number of H-pyrrole nitrogens is 1. The quantitative estimate of drug-likeness (QED) is 0.438. The molecule has 0 atom stereocenters. The molecule has 4 aromatic rings. The third kappa shape index (κ3) is 5.04. The summed E-state index contributed by atoms with van der Waals surface area (Å²) in [6.45, 7) is 4.40. The van der Waals surface area contributed by atoms with E-state index >= 15 is 0 Å². The van der Waals surface area contributed by atoms with Crippen LogP contribution in [0.2, 0.25) is 0 Å². The molecule has 5 rings (SSSR count). The van der Waals surface area contributed by atoms with Crippen LogP contribution >= 0.6 is 0 Å². The number of benzene rings is 3. The third-order valence-electron chi connectivity index (χ3n) is 5.98. The van der Waals surface area contributed by atoms with Crippen LogP contribution in [0.1, 0.15) is 30.8 Å². The number of aromatic amines is 1. The molecule has 7 heteroatoms. The van der Waals surface area contributed by atoms with Crippen LogP contribution in [0.5, 0.6) is 11.5 Å². The molecule has 0 fully saturated rings. The molecule has 1 aliphatic heterocycles. The highest BCUT2D eigenvalue weighted by Crippen LogP contribution is 2.41. The van der Waals surface area contributed by atoms with Gasteiger partial charge in [0.2, 0.25) is 0 Å². The first-order valence-electron chi connectivity index (χ1n) is 11.6. The van der Waals surface area contributed by atoms with Crippen molar-refractivity contribution in [1.29, 1.82) is 0 Å². The van der Waals surface area contributed by atoms with E-state index in [1.54, 1.807) is 23.1 Å². The molecule has 7 nitrogen and oxygen atoms in total. The molecule has 0 radical (unpaired) electrons. The van der Waals surface area contributed by atoms with Crippen LogP contribution in [0.3, 0.4) is 0 Å². The molecular weight excluding hydrogens is 442 g/mol. The van der Waals surface area contributed by atoms with E-state index in [2.05, 4.69) is 9.97 Å². The van der Waals surface area contributed by atoms with E-state index in [4.69, 9.17) is 9.47 Å². The number of amides is 1. The average Bonchev–Trinajstić information content (AvgIpc) is 3.17. The minimum absolute atomic E-state index is 0.146. The van der Waals surface area contributed by atoms with Gasteiger partial charge in [0, 0.05) is 18.5 Å². The Morgan fingerprint density at radius 1 is 1.03 bits per heavy atom. The van der Waals surface area contributed by atoms with E-state index in [0.29, 0.717) is 34.8 Å². The van der Waals surface area contributed by atoms with Crippen molar-refractivity contribution >= 4 is 16.8 Å². The zero-order valence-corrected chi connectivity index (χ0v) is 19.8. The number of para-hydroxylation sites is 2. The molecule has 0 bridgehead atoms. The second-order valence-corrected chi connectivity index (χ2v) is 9.34. The maximum atomic E-state index is 13.3. The Hall–Kier alpha value is -4.13. The van der Waals surface area contributed by atoms with Gasteiger partial charge >= 0.3 is 0 Å². The van der Waals surface area contributed by atoms with Crippen molar-refractivity contribution in [3.63, 3.8) is 0 Å². The standard InChI is InChI=1S/C28H27N3O4/c1-28(2)15-20-11-8-14-23(26(20)35-28)34-18-25(32)31(16-19-9-4-3-5-10-19)17-24-29-22-13-7-6-12-21(22)27(33)30-24/h3-14H,15-18H2,1-2H3,(H,29,30,33). The van der Waals surface area contributed by atoms with Gasteiger partial charge in [0.1, 0.15) is 11.4 Å². The third-order valence-corrected chi connectivity index (χ3v) is 5.98. The smallest absolute Gasteiger partial charge is 0.261 e.